The molecule has 2 rings (SSSR count). The molecule has 3 N–H and O–H groups in total. The molecule has 2 aromatic carbocycles. The van der Waals surface area contributed by atoms with Crippen molar-refractivity contribution in [3.05, 3.63) is 53.6 Å². The van der Waals surface area contributed by atoms with Gasteiger partial charge in [-0.2, -0.15) is 0 Å². The number of carbonyl (C=O) groups excluding carboxylic acids is 1. The Morgan fingerprint density at radius 3 is 2.63 bits per heavy atom. The Hall–Kier alpha value is -2.49. The van der Waals surface area contributed by atoms with Crippen LogP contribution in [0.25, 0.3) is 0 Å². The topological polar surface area (TPSA) is 64.3 Å². The monoisotopic (exact) mass is 256 g/mol. The number of para-hydroxylation sites is 1. The Labute approximate surface area is 112 Å². The maximum absolute atomic E-state index is 12.2. The molecule has 0 aliphatic carbocycles. The highest BCUT2D eigenvalue weighted by Gasteiger charge is 2.11. The van der Waals surface area contributed by atoms with Crippen molar-refractivity contribution in [2.75, 3.05) is 18.2 Å². The summed E-state index contributed by atoms with van der Waals surface area (Å²) in [6.07, 6.45) is 0. The fourth-order valence-electron chi connectivity index (χ4n) is 1.81. The molecule has 1 amide bonds. The van der Waals surface area contributed by atoms with E-state index in [1.807, 2.05) is 25.1 Å². The average Bonchev–Trinajstić information content (AvgIpc) is 2.39. The maximum Gasteiger partial charge on any atom is 0.257 e. The van der Waals surface area contributed by atoms with E-state index in [1.54, 1.807) is 31.4 Å². The van der Waals surface area contributed by atoms with Crippen LogP contribution >= 0.6 is 0 Å². The summed E-state index contributed by atoms with van der Waals surface area (Å²) in [6.45, 7) is 1.95. The lowest BCUT2D eigenvalue weighted by Crippen LogP contribution is -2.14. The summed E-state index contributed by atoms with van der Waals surface area (Å²) in [5.41, 5.74) is 8.36. The second-order valence-corrected chi connectivity index (χ2v) is 4.25. The van der Waals surface area contributed by atoms with Crippen molar-refractivity contribution in [2.45, 2.75) is 6.92 Å². The largest absolute Gasteiger partial charge is 0.495 e. The first-order valence-corrected chi connectivity index (χ1v) is 5.92. The number of rotatable bonds is 3. The molecular formula is C15H16N2O2. The van der Waals surface area contributed by atoms with Crippen LogP contribution in [0.1, 0.15) is 15.9 Å². The zero-order valence-corrected chi connectivity index (χ0v) is 10.9. The Morgan fingerprint density at radius 2 is 1.95 bits per heavy atom. The van der Waals surface area contributed by atoms with Crippen LogP contribution in [-0.4, -0.2) is 13.0 Å². The van der Waals surface area contributed by atoms with Gasteiger partial charge < -0.3 is 15.8 Å². The third kappa shape index (κ3) is 2.85. The van der Waals surface area contributed by atoms with Crippen LogP contribution in [0, 0.1) is 6.92 Å². The normalized spacial score (nSPS) is 10.0. The van der Waals surface area contributed by atoms with Crippen molar-refractivity contribution in [1.82, 2.24) is 0 Å². The number of nitrogen functional groups attached to an aromatic ring is 1. The predicted molar refractivity (Wildman–Crippen MR) is 76.5 cm³/mol. The third-order valence-electron chi connectivity index (χ3n) is 2.81. The lowest BCUT2D eigenvalue weighted by Gasteiger charge is -2.11. The van der Waals surface area contributed by atoms with Crippen molar-refractivity contribution >= 4 is 17.3 Å². The molecule has 0 aliphatic rings. The van der Waals surface area contributed by atoms with Crippen LogP contribution in [-0.2, 0) is 0 Å². The van der Waals surface area contributed by atoms with Gasteiger partial charge in [-0.05, 0) is 36.8 Å². The van der Waals surface area contributed by atoms with Crippen LogP contribution < -0.4 is 15.8 Å². The number of anilines is 2. The van der Waals surface area contributed by atoms with E-state index in [2.05, 4.69) is 5.32 Å². The van der Waals surface area contributed by atoms with Gasteiger partial charge in [0.25, 0.3) is 5.91 Å². The molecule has 0 radical (unpaired) electrons. The fraction of sp³-hybridized carbons (Fsp3) is 0.133. The second-order valence-electron chi connectivity index (χ2n) is 4.25. The van der Waals surface area contributed by atoms with E-state index >= 15 is 0 Å². The molecule has 0 fully saturated rings. The van der Waals surface area contributed by atoms with Crippen LogP contribution in [0.15, 0.2) is 42.5 Å². The van der Waals surface area contributed by atoms with Gasteiger partial charge in [0.05, 0.1) is 18.4 Å². The van der Waals surface area contributed by atoms with Gasteiger partial charge in [0.2, 0.25) is 0 Å². The zero-order valence-electron chi connectivity index (χ0n) is 10.9. The summed E-state index contributed by atoms with van der Waals surface area (Å²) in [5, 5.41) is 2.82. The standard InChI is InChI=1S/C15H16N2O2/c1-10-7-8-14(19-2)13(9-10)17-15(18)11-5-3-4-6-12(11)16/h3-9H,16H2,1-2H3,(H,17,18). The van der Waals surface area contributed by atoms with Gasteiger partial charge in [-0.25, -0.2) is 0 Å². The summed E-state index contributed by atoms with van der Waals surface area (Å²) in [7, 11) is 1.57. The van der Waals surface area contributed by atoms with Gasteiger partial charge in [0.1, 0.15) is 5.75 Å². The first-order chi connectivity index (χ1) is 9.11. The van der Waals surface area contributed by atoms with Crippen LogP contribution in [0.2, 0.25) is 0 Å². The Balaban J connectivity index is 2.29. The van der Waals surface area contributed by atoms with Crippen molar-refractivity contribution < 1.29 is 9.53 Å². The lowest BCUT2D eigenvalue weighted by molar-refractivity contribution is 0.102. The number of nitrogens with one attached hydrogen (secondary N) is 1. The van der Waals surface area contributed by atoms with Gasteiger partial charge >= 0.3 is 0 Å². The molecule has 0 heterocycles. The average molecular weight is 256 g/mol. The van der Waals surface area contributed by atoms with Crippen molar-refractivity contribution in [1.29, 1.82) is 0 Å². The van der Waals surface area contributed by atoms with Crippen molar-refractivity contribution in [3.8, 4) is 5.75 Å². The maximum atomic E-state index is 12.2. The number of carbonyl (C=O) groups is 1. The van der Waals surface area contributed by atoms with Crippen LogP contribution in [0.3, 0.4) is 0 Å². The molecule has 0 bridgehead atoms. The molecule has 0 saturated carbocycles. The molecule has 0 atom stereocenters. The van der Waals surface area contributed by atoms with Gasteiger partial charge in [0, 0.05) is 5.69 Å². The smallest absolute Gasteiger partial charge is 0.257 e. The van der Waals surface area contributed by atoms with Crippen molar-refractivity contribution in [3.63, 3.8) is 0 Å². The SMILES string of the molecule is COc1ccc(C)cc1NC(=O)c1ccccc1N. The molecule has 98 valence electrons. The molecule has 19 heavy (non-hydrogen) atoms. The van der Waals surface area contributed by atoms with Crippen LogP contribution in [0.4, 0.5) is 11.4 Å². The Kier molecular flexibility index (Phi) is 3.71. The molecule has 0 spiro atoms. The number of ether oxygens (including phenoxy) is 1. The van der Waals surface area contributed by atoms with E-state index in [0.29, 0.717) is 22.7 Å². The zero-order chi connectivity index (χ0) is 13.8. The van der Waals surface area contributed by atoms with Gasteiger partial charge in [0.15, 0.2) is 0 Å². The number of hydrogen-bond acceptors (Lipinski definition) is 3. The number of nitrogens with two attached hydrogens (primary N) is 1. The summed E-state index contributed by atoms with van der Waals surface area (Å²) in [6, 6.07) is 12.5. The number of amides is 1. The summed E-state index contributed by atoms with van der Waals surface area (Å²) >= 11 is 0. The van der Waals surface area contributed by atoms with Crippen molar-refractivity contribution in [2.24, 2.45) is 0 Å². The lowest BCUT2D eigenvalue weighted by atomic mass is 10.1. The van der Waals surface area contributed by atoms with Gasteiger partial charge in [-0.15, -0.1) is 0 Å². The quantitative estimate of drug-likeness (QED) is 0.830. The first-order valence-electron chi connectivity index (χ1n) is 5.92. The number of hydrogen-bond donors (Lipinski definition) is 2. The summed E-state index contributed by atoms with van der Waals surface area (Å²) in [4.78, 5) is 12.2. The van der Waals surface area contributed by atoms with Gasteiger partial charge in [-0.3, -0.25) is 4.79 Å². The Morgan fingerprint density at radius 1 is 1.21 bits per heavy atom. The molecular weight excluding hydrogens is 240 g/mol. The summed E-state index contributed by atoms with van der Waals surface area (Å²) < 4.78 is 5.22. The summed E-state index contributed by atoms with van der Waals surface area (Å²) in [5.74, 6) is 0.371. The van der Waals surface area contributed by atoms with E-state index in [0.717, 1.165) is 5.56 Å². The third-order valence-corrected chi connectivity index (χ3v) is 2.81. The second kappa shape index (κ2) is 5.44. The highest BCUT2D eigenvalue weighted by Crippen LogP contribution is 2.26. The molecule has 0 saturated heterocycles. The molecule has 0 aliphatic heterocycles. The van der Waals surface area contributed by atoms with E-state index < -0.39 is 0 Å². The van der Waals surface area contributed by atoms with E-state index in [9.17, 15) is 4.79 Å². The fourth-order valence-corrected chi connectivity index (χ4v) is 1.81. The minimum atomic E-state index is -0.248. The number of methoxy groups -OCH3 is 1. The molecule has 0 aromatic heterocycles. The van der Waals surface area contributed by atoms with E-state index in [1.165, 1.54) is 0 Å². The predicted octanol–water partition coefficient (Wildman–Crippen LogP) is 2.84. The highest BCUT2D eigenvalue weighted by atomic mass is 16.5. The number of aryl methyl sites for hydroxylation is 1. The molecule has 0 unspecified atom stereocenters. The molecule has 4 heteroatoms. The van der Waals surface area contributed by atoms with Gasteiger partial charge in [-0.1, -0.05) is 18.2 Å². The molecule has 4 nitrogen and oxygen atoms in total. The molecule has 2 aromatic rings. The minimum absolute atomic E-state index is 0.248. The minimum Gasteiger partial charge on any atom is -0.495 e. The Bertz CT molecular complexity index is 609. The highest BCUT2D eigenvalue weighted by molar-refractivity contribution is 6.08. The number of benzene rings is 2. The van der Waals surface area contributed by atoms with E-state index in [-0.39, 0.29) is 5.91 Å². The van der Waals surface area contributed by atoms with Crippen LogP contribution in [0.5, 0.6) is 5.75 Å². The van der Waals surface area contributed by atoms with E-state index in [4.69, 9.17) is 10.5 Å². The first kappa shape index (κ1) is 13.0.